The van der Waals surface area contributed by atoms with Crippen LogP contribution in [-0.2, 0) is 4.57 Å². The van der Waals surface area contributed by atoms with Gasteiger partial charge in [-0.15, -0.1) is 0 Å². The van der Waals surface area contributed by atoms with Crippen LogP contribution in [0.2, 0.25) is 0 Å². The quantitative estimate of drug-likeness (QED) is 0.472. The van der Waals surface area contributed by atoms with Crippen LogP contribution in [-0.4, -0.2) is 11.1 Å². The zero-order chi connectivity index (χ0) is 13.2. The molecule has 18 heavy (non-hydrogen) atoms. The molecule has 1 heterocycles. The molecule has 1 aliphatic heterocycles. The number of benzene rings is 1. The monoisotopic (exact) mass is 267 g/mol. The van der Waals surface area contributed by atoms with Crippen LogP contribution in [0.15, 0.2) is 35.7 Å². The maximum Gasteiger partial charge on any atom is 0.270 e. The largest absolute Gasteiger partial charge is 0.440 e. The molecule has 0 amide bonds. The molecule has 0 radical (unpaired) electrons. The van der Waals surface area contributed by atoms with Gasteiger partial charge in [-0.05, 0) is 31.9 Å². The molecule has 1 unspecified atom stereocenters. The van der Waals surface area contributed by atoms with Gasteiger partial charge in [0.25, 0.3) is 13.1 Å². The first-order valence-electron chi connectivity index (χ1n) is 5.70. The van der Waals surface area contributed by atoms with Gasteiger partial charge in [-0.3, -0.25) is 14.7 Å². The fourth-order valence-electron chi connectivity index (χ4n) is 1.92. The number of nitro benzene ring substituents is 1. The molecule has 0 aromatic heterocycles. The zero-order valence-corrected chi connectivity index (χ0v) is 10.9. The van der Waals surface area contributed by atoms with Crippen molar-refractivity contribution >= 4 is 13.1 Å². The fourth-order valence-corrected chi connectivity index (χ4v) is 4.07. The van der Waals surface area contributed by atoms with E-state index in [2.05, 4.69) is 0 Å². The van der Waals surface area contributed by atoms with Gasteiger partial charge >= 0.3 is 0 Å². The molecular weight excluding hydrogens is 253 g/mol. The average molecular weight is 267 g/mol. The third kappa shape index (κ3) is 2.99. The SMILES string of the molecule is CC1=CP(=O)(Oc2ccc([N+](=O)[O-])cc2)CCC1. The fraction of sp³-hybridized carbons (Fsp3) is 0.333. The van der Waals surface area contributed by atoms with Crippen molar-refractivity contribution < 1.29 is 14.0 Å². The van der Waals surface area contributed by atoms with Crippen LogP contribution >= 0.6 is 7.37 Å². The average Bonchev–Trinajstić information content (AvgIpc) is 2.28. The van der Waals surface area contributed by atoms with E-state index in [4.69, 9.17) is 4.52 Å². The van der Waals surface area contributed by atoms with Crippen LogP contribution < -0.4 is 4.52 Å². The van der Waals surface area contributed by atoms with E-state index in [-0.39, 0.29) is 5.69 Å². The van der Waals surface area contributed by atoms with Gasteiger partial charge in [0.2, 0.25) is 0 Å². The van der Waals surface area contributed by atoms with Crippen LogP contribution in [0.4, 0.5) is 5.69 Å². The highest BCUT2D eigenvalue weighted by molar-refractivity contribution is 7.62. The van der Waals surface area contributed by atoms with E-state index in [1.165, 1.54) is 24.3 Å². The third-order valence-corrected chi connectivity index (χ3v) is 5.06. The lowest BCUT2D eigenvalue weighted by Gasteiger charge is -2.21. The summed E-state index contributed by atoms with van der Waals surface area (Å²) >= 11 is 0. The second kappa shape index (κ2) is 4.94. The molecule has 0 N–H and O–H groups in total. The summed E-state index contributed by atoms with van der Waals surface area (Å²) < 4.78 is 17.9. The summed E-state index contributed by atoms with van der Waals surface area (Å²) in [5.74, 6) is 2.12. The summed E-state index contributed by atoms with van der Waals surface area (Å²) in [4.78, 5) is 10.0. The molecule has 0 spiro atoms. The highest BCUT2D eigenvalue weighted by Gasteiger charge is 2.25. The van der Waals surface area contributed by atoms with Gasteiger partial charge in [-0.25, -0.2) is 0 Å². The van der Waals surface area contributed by atoms with Crippen molar-refractivity contribution in [1.82, 2.24) is 0 Å². The van der Waals surface area contributed by atoms with Gasteiger partial charge in [0.05, 0.1) is 4.92 Å². The molecule has 0 aliphatic carbocycles. The molecule has 1 aromatic rings. The van der Waals surface area contributed by atoms with Crippen molar-refractivity contribution in [2.24, 2.45) is 0 Å². The van der Waals surface area contributed by atoms with E-state index in [0.29, 0.717) is 11.9 Å². The van der Waals surface area contributed by atoms with Crippen LogP contribution in [0.1, 0.15) is 19.8 Å². The lowest BCUT2D eigenvalue weighted by molar-refractivity contribution is -0.384. The Morgan fingerprint density at radius 2 is 2.00 bits per heavy atom. The number of nitrogens with zero attached hydrogens (tertiary/aromatic N) is 1. The Balaban J connectivity index is 2.16. The topological polar surface area (TPSA) is 69.4 Å². The molecule has 5 nitrogen and oxygen atoms in total. The number of allylic oxidation sites excluding steroid dienone is 1. The summed E-state index contributed by atoms with van der Waals surface area (Å²) in [6.07, 6.45) is 2.33. The van der Waals surface area contributed by atoms with Crippen LogP contribution in [0.3, 0.4) is 0 Å². The van der Waals surface area contributed by atoms with Crippen molar-refractivity contribution in [3.63, 3.8) is 0 Å². The molecule has 0 bridgehead atoms. The predicted octanol–water partition coefficient (Wildman–Crippen LogP) is 3.95. The molecule has 0 saturated carbocycles. The predicted molar refractivity (Wildman–Crippen MR) is 69.2 cm³/mol. The summed E-state index contributed by atoms with van der Waals surface area (Å²) in [6, 6.07) is 5.66. The van der Waals surface area contributed by atoms with Crippen LogP contribution in [0.5, 0.6) is 5.75 Å². The number of hydrogen-bond acceptors (Lipinski definition) is 4. The van der Waals surface area contributed by atoms with Crippen molar-refractivity contribution in [3.05, 3.63) is 45.8 Å². The van der Waals surface area contributed by atoms with Gasteiger partial charge in [0.1, 0.15) is 5.75 Å². The second-order valence-electron chi connectivity index (χ2n) is 4.37. The summed E-state index contributed by atoms with van der Waals surface area (Å²) in [6.45, 7) is 1.94. The summed E-state index contributed by atoms with van der Waals surface area (Å²) in [5.41, 5.74) is 1.07. The first-order chi connectivity index (χ1) is 8.48. The minimum absolute atomic E-state index is 0.00370. The maximum absolute atomic E-state index is 12.4. The van der Waals surface area contributed by atoms with Crippen molar-refractivity contribution in [2.75, 3.05) is 6.16 Å². The number of rotatable bonds is 3. The molecule has 2 rings (SSSR count). The van der Waals surface area contributed by atoms with Gasteiger partial charge in [0.15, 0.2) is 0 Å². The highest BCUT2D eigenvalue weighted by Crippen LogP contribution is 2.53. The van der Waals surface area contributed by atoms with E-state index in [1.807, 2.05) is 6.92 Å². The van der Waals surface area contributed by atoms with Crippen LogP contribution in [0.25, 0.3) is 0 Å². The number of hydrogen-bond donors (Lipinski definition) is 0. The zero-order valence-electron chi connectivity index (χ0n) is 10.0. The van der Waals surface area contributed by atoms with E-state index in [0.717, 1.165) is 18.4 Å². The van der Waals surface area contributed by atoms with Crippen LogP contribution in [0, 0.1) is 10.1 Å². The number of nitro groups is 1. The van der Waals surface area contributed by atoms with Gasteiger partial charge in [-0.2, -0.15) is 0 Å². The maximum atomic E-state index is 12.4. The minimum Gasteiger partial charge on any atom is -0.440 e. The molecule has 1 aliphatic rings. The minimum atomic E-state index is -2.76. The Morgan fingerprint density at radius 1 is 1.33 bits per heavy atom. The number of non-ortho nitro benzene ring substituents is 1. The lowest BCUT2D eigenvalue weighted by atomic mass is 10.2. The van der Waals surface area contributed by atoms with Gasteiger partial charge in [0, 0.05) is 24.1 Å². The van der Waals surface area contributed by atoms with Gasteiger partial charge in [-0.1, -0.05) is 5.57 Å². The summed E-state index contributed by atoms with van der Waals surface area (Å²) in [5, 5.41) is 10.5. The standard InChI is InChI=1S/C12H14NO4P/c1-10-3-2-8-18(16,9-10)17-12-6-4-11(5-7-12)13(14)15/h4-7,9H,2-3,8H2,1H3. The Kier molecular flexibility index (Phi) is 3.53. The van der Waals surface area contributed by atoms with Crippen molar-refractivity contribution in [3.8, 4) is 5.75 Å². The Hall–Kier alpha value is -1.61. The van der Waals surface area contributed by atoms with Crippen molar-refractivity contribution in [2.45, 2.75) is 19.8 Å². The Morgan fingerprint density at radius 3 is 2.56 bits per heavy atom. The molecule has 1 aromatic carbocycles. The smallest absolute Gasteiger partial charge is 0.270 e. The summed E-state index contributed by atoms with van der Waals surface area (Å²) in [7, 11) is -2.76. The Labute approximate surface area is 105 Å². The van der Waals surface area contributed by atoms with E-state index < -0.39 is 12.3 Å². The first-order valence-corrected chi connectivity index (χ1v) is 7.58. The first kappa shape index (κ1) is 12.8. The van der Waals surface area contributed by atoms with E-state index >= 15 is 0 Å². The molecular formula is C12H14NO4P. The Bertz CT molecular complexity index is 536. The molecule has 0 fully saturated rings. The highest BCUT2D eigenvalue weighted by atomic mass is 31.2. The molecule has 6 heteroatoms. The molecule has 1 atom stereocenters. The lowest BCUT2D eigenvalue weighted by Crippen LogP contribution is -2.02. The van der Waals surface area contributed by atoms with Gasteiger partial charge < -0.3 is 4.52 Å². The van der Waals surface area contributed by atoms with Crippen molar-refractivity contribution in [1.29, 1.82) is 0 Å². The van der Waals surface area contributed by atoms with E-state index in [9.17, 15) is 14.7 Å². The normalized spacial score (nSPS) is 23.3. The third-order valence-electron chi connectivity index (χ3n) is 2.77. The molecule has 0 saturated heterocycles. The molecule has 96 valence electrons. The van der Waals surface area contributed by atoms with E-state index in [1.54, 1.807) is 5.82 Å². The second-order valence-corrected chi connectivity index (χ2v) is 6.71.